The van der Waals surface area contributed by atoms with Crippen molar-refractivity contribution in [3.8, 4) is 0 Å². The molecule has 0 aliphatic heterocycles. The van der Waals surface area contributed by atoms with Crippen LogP contribution in [0.25, 0.3) is 0 Å². The summed E-state index contributed by atoms with van der Waals surface area (Å²) in [5.41, 5.74) is 0.318. The highest BCUT2D eigenvalue weighted by Gasteiger charge is 2.28. The first-order chi connectivity index (χ1) is 5.43. The van der Waals surface area contributed by atoms with Crippen molar-refractivity contribution >= 4 is 58.0 Å². The number of alkyl halides is 3. The summed E-state index contributed by atoms with van der Waals surface area (Å²) < 4.78 is -1.57. The van der Waals surface area contributed by atoms with Crippen LogP contribution >= 0.6 is 58.0 Å². The van der Waals surface area contributed by atoms with Crippen molar-refractivity contribution in [3.63, 3.8) is 0 Å². The molecule has 0 bridgehead atoms. The van der Waals surface area contributed by atoms with Crippen molar-refractivity contribution in [2.45, 2.75) is 3.79 Å². The van der Waals surface area contributed by atoms with Crippen LogP contribution in [0.15, 0.2) is 18.2 Å². The van der Waals surface area contributed by atoms with Crippen molar-refractivity contribution in [2.75, 3.05) is 0 Å². The van der Waals surface area contributed by atoms with Crippen molar-refractivity contribution in [2.24, 2.45) is 0 Å². The van der Waals surface area contributed by atoms with Crippen LogP contribution in [0.5, 0.6) is 0 Å². The van der Waals surface area contributed by atoms with Crippen molar-refractivity contribution in [3.05, 3.63) is 33.8 Å². The molecule has 0 saturated carbocycles. The number of hydrogen-bond donors (Lipinski definition) is 0. The highest BCUT2D eigenvalue weighted by Crippen LogP contribution is 2.45. The third kappa shape index (κ3) is 2.34. The standard InChI is InChI=1S/C7H3Cl5/c8-4-2-1-3-5(9)6(4)7(10,11)12/h1-3H. The Bertz CT molecular complexity index is 268. The molecule has 0 aliphatic rings. The van der Waals surface area contributed by atoms with Gasteiger partial charge in [0.1, 0.15) is 0 Å². The Hall–Kier alpha value is 0.670. The third-order valence-corrected chi connectivity index (χ3v) is 2.44. The number of hydrogen-bond acceptors (Lipinski definition) is 0. The molecule has 0 unspecified atom stereocenters. The quantitative estimate of drug-likeness (QED) is 0.589. The molecule has 0 heterocycles. The molecule has 0 amide bonds. The van der Waals surface area contributed by atoms with E-state index in [1.807, 2.05) is 0 Å². The summed E-state index contributed by atoms with van der Waals surface area (Å²) in [6, 6.07) is 4.92. The second-order valence-corrected chi connectivity index (χ2v) is 5.19. The predicted molar refractivity (Wildman–Crippen MR) is 55.7 cm³/mol. The lowest BCUT2D eigenvalue weighted by Gasteiger charge is -2.14. The van der Waals surface area contributed by atoms with E-state index in [4.69, 9.17) is 58.0 Å². The summed E-state index contributed by atoms with van der Waals surface area (Å²) in [4.78, 5) is 0. The van der Waals surface area contributed by atoms with Gasteiger partial charge in [-0.2, -0.15) is 0 Å². The molecule has 0 aromatic heterocycles. The lowest BCUT2D eigenvalue weighted by Crippen LogP contribution is -2.01. The van der Waals surface area contributed by atoms with Crippen LogP contribution in [0.4, 0.5) is 0 Å². The summed E-state index contributed by atoms with van der Waals surface area (Å²) in [6.07, 6.45) is 0. The zero-order chi connectivity index (χ0) is 9.35. The maximum absolute atomic E-state index is 5.78. The van der Waals surface area contributed by atoms with Crippen LogP contribution < -0.4 is 0 Å². The van der Waals surface area contributed by atoms with Gasteiger partial charge in [-0.3, -0.25) is 0 Å². The molecule has 1 aromatic rings. The average molecular weight is 264 g/mol. The van der Waals surface area contributed by atoms with Crippen molar-refractivity contribution in [1.82, 2.24) is 0 Å². The molecule has 0 saturated heterocycles. The topological polar surface area (TPSA) is 0 Å². The van der Waals surface area contributed by atoms with E-state index in [0.29, 0.717) is 15.6 Å². The highest BCUT2D eigenvalue weighted by atomic mass is 35.6. The van der Waals surface area contributed by atoms with Gasteiger partial charge < -0.3 is 0 Å². The molecule has 5 heteroatoms. The fraction of sp³-hybridized carbons (Fsp3) is 0.143. The van der Waals surface area contributed by atoms with Crippen molar-refractivity contribution < 1.29 is 0 Å². The smallest absolute Gasteiger partial charge is 0.0838 e. The van der Waals surface area contributed by atoms with E-state index in [-0.39, 0.29) is 0 Å². The van der Waals surface area contributed by atoms with E-state index in [0.717, 1.165) is 0 Å². The molecule has 0 radical (unpaired) electrons. The van der Waals surface area contributed by atoms with Gasteiger partial charge in [-0.1, -0.05) is 64.1 Å². The highest BCUT2D eigenvalue weighted by molar-refractivity contribution is 6.67. The minimum atomic E-state index is -1.57. The number of rotatable bonds is 0. The Morgan fingerprint density at radius 3 is 1.58 bits per heavy atom. The van der Waals surface area contributed by atoms with Gasteiger partial charge in [-0.05, 0) is 12.1 Å². The van der Waals surface area contributed by atoms with Crippen LogP contribution in [-0.2, 0) is 3.79 Å². The van der Waals surface area contributed by atoms with Gasteiger partial charge in [-0.25, -0.2) is 0 Å². The SMILES string of the molecule is Clc1cccc(Cl)c1C(Cl)(Cl)Cl. The molecule has 0 fully saturated rings. The number of halogens is 5. The second-order valence-electron chi connectivity index (χ2n) is 2.09. The van der Waals surface area contributed by atoms with Gasteiger partial charge in [0.2, 0.25) is 3.79 Å². The van der Waals surface area contributed by atoms with Crippen molar-refractivity contribution in [1.29, 1.82) is 0 Å². The normalized spacial score (nSPS) is 11.8. The lowest BCUT2D eigenvalue weighted by molar-refractivity contribution is 1.24. The Balaban J connectivity index is 3.31. The molecule has 0 nitrogen and oxygen atoms in total. The molecule has 0 atom stereocenters. The zero-order valence-corrected chi connectivity index (χ0v) is 9.40. The predicted octanol–water partition coefficient (Wildman–Crippen LogP) is 4.82. The van der Waals surface area contributed by atoms with E-state index in [2.05, 4.69) is 0 Å². The largest absolute Gasteiger partial charge is 0.218 e. The molecule has 12 heavy (non-hydrogen) atoms. The summed E-state index contributed by atoms with van der Waals surface area (Å²) in [5.74, 6) is 0. The fourth-order valence-electron chi connectivity index (χ4n) is 0.769. The molecular formula is C7H3Cl5. The van der Waals surface area contributed by atoms with Crippen LogP contribution in [0.2, 0.25) is 10.0 Å². The molecule has 1 aromatic carbocycles. The van der Waals surface area contributed by atoms with Crippen LogP contribution in [0.1, 0.15) is 5.56 Å². The van der Waals surface area contributed by atoms with E-state index >= 15 is 0 Å². The Morgan fingerprint density at radius 1 is 0.917 bits per heavy atom. The van der Waals surface area contributed by atoms with Crippen LogP contribution in [-0.4, -0.2) is 0 Å². The summed E-state index contributed by atoms with van der Waals surface area (Å²) in [5, 5.41) is 0.699. The van der Waals surface area contributed by atoms with Crippen LogP contribution in [0.3, 0.4) is 0 Å². The van der Waals surface area contributed by atoms with Gasteiger partial charge in [0.25, 0.3) is 0 Å². The Morgan fingerprint density at radius 2 is 1.33 bits per heavy atom. The monoisotopic (exact) mass is 262 g/mol. The van der Waals surface area contributed by atoms with E-state index in [1.54, 1.807) is 18.2 Å². The van der Waals surface area contributed by atoms with Gasteiger partial charge in [0, 0.05) is 15.6 Å². The zero-order valence-electron chi connectivity index (χ0n) is 5.62. The molecule has 1 rings (SSSR count). The van der Waals surface area contributed by atoms with Gasteiger partial charge in [-0.15, -0.1) is 0 Å². The van der Waals surface area contributed by atoms with E-state index in [1.165, 1.54) is 0 Å². The minimum absolute atomic E-state index is 0.318. The average Bonchev–Trinajstić information content (AvgIpc) is 1.82. The fourth-order valence-corrected chi connectivity index (χ4v) is 2.35. The first kappa shape index (κ1) is 10.7. The molecule has 0 N–H and O–H groups in total. The van der Waals surface area contributed by atoms with Gasteiger partial charge in [0.15, 0.2) is 0 Å². The Labute approximate surface area is 95.3 Å². The molecule has 0 spiro atoms. The first-order valence-corrected chi connectivity index (χ1v) is 4.83. The second kappa shape index (κ2) is 3.81. The minimum Gasteiger partial charge on any atom is -0.0838 e. The first-order valence-electron chi connectivity index (χ1n) is 2.94. The summed E-state index contributed by atoms with van der Waals surface area (Å²) >= 11 is 28.4. The lowest BCUT2D eigenvalue weighted by atomic mass is 10.2. The van der Waals surface area contributed by atoms with Gasteiger partial charge >= 0.3 is 0 Å². The van der Waals surface area contributed by atoms with E-state index < -0.39 is 3.79 Å². The molecule has 66 valence electrons. The third-order valence-electron chi connectivity index (χ3n) is 1.25. The van der Waals surface area contributed by atoms with Gasteiger partial charge in [0.05, 0.1) is 0 Å². The maximum atomic E-state index is 5.78. The summed E-state index contributed by atoms with van der Waals surface area (Å²) in [7, 11) is 0. The van der Waals surface area contributed by atoms with Crippen LogP contribution in [0, 0.1) is 0 Å². The van der Waals surface area contributed by atoms with E-state index in [9.17, 15) is 0 Å². The molecular weight excluding hydrogens is 261 g/mol. The maximum Gasteiger partial charge on any atom is 0.218 e. The summed E-state index contributed by atoms with van der Waals surface area (Å²) in [6.45, 7) is 0. The number of benzene rings is 1. The molecule has 0 aliphatic carbocycles. The Kier molecular flexibility index (Phi) is 3.41.